The second kappa shape index (κ2) is 7.09. The largest absolute Gasteiger partial charge is 0.243 e. The van der Waals surface area contributed by atoms with Crippen molar-refractivity contribution in [2.45, 2.75) is 24.2 Å². The predicted molar refractivity (Wildman–Crippen MR) is 96.8 cm³/mol. The molecule has 0 spiro atoms. The lowest BCUT2D eigenvalue weighted by Gasteiger charge is -2.35. The van der Waals surface area contributed by atoms with Gasteiger partial charge in [-0.2, -0.15) is 4.31 Å². The van der Waals surface area contributed by atoms with Crippen molar-refractivity contribution in [3.05, 3.63) is 52.0 Å². The SMILES string of the molecule is O=S(=O)(c1cccc(Br)c1)N1CCC(C2C=CCC=C2Cl)CC1. The maximum absolute atomic E-state index is 12.7. The summed E-state index contributed by atoms with van der Waals surface area (Å²) in [6.45, 7) is 1.10. The molecular weight excluding hydrogens is 398 g/mol. The van der Waals surface area contributed by atoms with E-state index in [1.807, 2.05) is 6.07 Å². The minimum Gasteiger partial charge on any atom is -0.207 e. The molecule has 1 aliphatic carbocycles. The van der Waals surface area contributed by atoms with Crippen LogP contribution >= 0.6 is 27.5 Å². The highest BCUT2D eigenvalue weighted by Gasteiger charge is 2.33. The molecule has 0 saturated carbocycles. The summed E-state index contributed by atoms with van der Waals surface area (Å²) >= 11 is 9.66. The third-order valence-electron chi connectivity index (χ3n) is 4.55. The molecule has 0 radical (unpaired) electrons. The molecule has 124 valence electrons. The minimum atomic E-state index is -3.41. The van der Waals surface area contributed by atoms with E-state index in [1.165, 1.54) is 0 Å². The highest BCUT2D eigenvalue weighted by molar-refractivity contribution is 9.10. The van der Waals surface area contributed by atoms with E-state index in [9.17, 15) is 8.42 Å². The van der Waals surface area contributed by atoms with Crippen molar-refractivity contribution < 1.29 is 8.42 Å². The van der Waals surface area contributed by atoms with Crippen molar-refractivity contribution >= 4 is 37.6 Å². The van der Waals surface area contributed by atoms with E-state index in [0.717, 1.165) is 28.8 Å². The normalized spacial score (nSPS) is 23.7. The molecule has 0 aromatic heterocycles. The van der Waals surface area contributed by atoms with Crippen molar-refractivity contribution in [3.63, 3.8) is 0 Å². The van der Waals surface area contributed by atoms with Crippen LogP contribution in [0.2, 0.25) is 0 Å². The molecule has 0 bridgehead atoms. The number of rotatable bonds is 3. The molecule has 2 aliphatic rings. The van der Waals surface area contributed by atoms with E-state index in [4.69, 9.17) is 11.6 Å². The van der Waals surface area contributed by atoms with Crippen LogP contribution < -0.4 is 0 Å². The Kier molecular flexibility index (Phi) is 5.31. The Morgan fingerprint density at radius 1 is 1.22 bits per heavy atom. The fourth-order valence-electron chi connectivity index (χ4n) is 3.27. The second-order valence-corrected chi connectivity index (χ2v) is 9.27. The van der Waals surface area contributed by atoms with Gasteiger partial charge >= 0.3 is 0 Å². The maximum atomic E-state index is 12.7. The van der Waals surface area contributed by atoms with Gasteiger partial charge < -0.3 is 0 Å². The van der Waals surface area contributed by atoms with Crippen LogP contribution in [0.5, 0.6) is 0 Å². The summed E-state index contributed by atoms with van der Waals surface area (Å²) in [4.78, 5) is 0.348. The average molecular weight is 417 g/mol. The maximum Gasteiger partial charge on any atom is 0.243 e. The Morgan fingerprint density at radius 3 is 2.61 bits per heavy atom. The molecule has 1 fully saturated rings. The van der Waals surface area contributed by atoms with Crippen molar-refractivity contribution in [3.8, 4) is 0 Å². The van der Waals surface area contributed by atoms with E-state index >= 15 is 0 Å². The van der Waals surface area contributed by atoms with Crippen molar-refractivity contribution in [2.24, 2.45) is 11.8 Å². The zero-order valence-corrected chi connectivity index (χ0v) is 15.8. The van der Waals surface area contributed by atoms with Crippen LogP contribution in [-0.2, 0) is 10.0 Å². The summed E-state index contributed by atoms with van der Waals surface area (Å²) in [6.07, 6.45) is 8.94. The molecular formula is C17H19BrClNO2S. The molecule has 1 aromatic carbocycles. The first-order valence-corrected chi connectivity index (χ1v) is 10.4. The Balaban J connectivity index is 1.70. The third-order valence-corrected chi connectivity index (χ3v) is 7.35. The van der Waals surface area contributed by atoms with Gasteiger partial charge in [-0.05, 0) is 43.4 Å². The van der Waals surface area contributed by atoms with Gasteiger partial charge in [0.05, 0.1) is 4.90 Å². The summed E-state index contributed by atoms with van der Waals surface area (Å²) in [6, 6.07) is 6.89. The molecule has 3 nitrogen and oxygen atoms in total. The molecule has 1 heterocycles. The number of piperidine rings is 1. The second-order valence-electron chi connectivity index (χ2n) is 5.98. The molecule has 6 heteroatoms. The standard InChI is InChI=1S/C17H19BrClNO2S/c18-14-4-3-5-15(12-14)23(21,22)20-10-8-13(9-11-20)16-6-1-2-7-17(16)19/h1,3-7,12-13,16H,2,8-11H2. The number of benzene rings is 1. The number of halogens is 2. The van der Waals surface area contributed by atoms with Gasteiger partial charge in [-0.25, -0.2) is 8.42 Å². The summed E-state index contributed by atoms with van der Waals surface area (Å²) in [5, 5.41) is 0.904. The zero-order chi connectivity index (χ0) is 16.4. The van der Waals surface area contributed by atoms with Crippen LogP contribution in [0.4, 0.5) is 0 Å². The summed E-state index contributed by atoms with van der Waals surface area (Å²) in [7, 11) is -3.41. The van der Waals surface area contributed by atoms with Gasteiger partial charge in [0.25, 0.3) is 0 Å². The summed E-state index contributed by atoms with van der Waals surface area (Å²) in [5.74, 6) is 0.672. The van der Waals surface area contributed by atoms with Crippen molar-refractivity contribution in [1.82, 2.24) is 4.31 Å². The molecule has 0 amide bonds. The quantitative estimate of drug-likeness (QED) is 0.678. The predicted octanol–water partition coefficient (Wildman–Crippen LogP) is 4.55. The van der Waals surface area contributed by atoms with E-state index in [0.29, 0.717) is 23.9 Å². The first kappa shape index (κ1) is 17.2. The van der Waals surface area contributed by atoms with E-state index in [-0.39, 0.29) is 5.92 Å². The first-order valence-electron chi connectivity index (χ1n) is 7.76. The van der Waals surface area contributed by atoms with Crippen LogP contribution in [0.15, 0.2) is 56.9 Å². The number of nitrogens with zero attached hydrogens (tertiary/aromatic N) is 1. The number of allylic oxidation sites excluding steroid dienone is 4. The Morgan fingerprint density at radius 2 is 1.96 bits per heavy atom. The van der Waals surface area contributed by atoms with Gasteiger partial charge in [-0.3, -0.25) is 0 Å². The van der Waals surface area contributed by atoms with Crippen molar-refractivity contribution in [1.29, 1.82) is 0 Å². The topological polar surface area (TPSA) is 37.4 Å². The van der Waals surface area contributed by atoms with Gasteiger partial charge in [0.2, 0.25) is 10.0 Å². The lowest BCUT2D eigenvalue weighted by Crippen LogP contribution is -2.40. The molecule has 1 aromatic rings. The van der Waals surface area contributed by atoms with Crippen LogP contribution in [-0.4, -0.2) is 25.8 Å². The van der Waals surface area contributed by atoms with Gasteiger partial charge in [0.15, 0.2) is 0 Å². The van der Waals surface area contributed by atoms with E-state index in [1.54, 1.807) is 22.5 Å². The third kappa shape index (κ3) is 3.73. The number of sulfonamides is 1. The van der Waals surface area contributed by atoms with Gasteiger partial charge in [0, 0.05) is 28.5 Å². The lowest BCUT2D eigenvalue weighted by molar-refractivity contribution is 0.248. The fourth-order valence-corrected chi connectivity index (χ4v) is 5.67. The summed E-state index contributed by atoms with van der Waals surface area (Å²) < 4.78 is 27.8. The Bertz CT molecular complexity index is 737. The fraction of sp³-hybridized carbons (Fsp3) is 0.412. The minimum absolute atomic E-state index is 0.251. The molecule has 1 saturated heterocycles. The molecule has 0 N–H and O–H groups in total. The zero-order valence-electron chi connectivity index (χ0n) is 12.7. The highest BCUT2D eigenvalue weighted by atomic mass is 79.9. The van der Waals surface area contributed by atoms with Crippen LogP contribution in [0.1, 0.15) is 19.3 Å². The highest BCUT2D eigenvalue weighted by Crippen LogP contribution is 2.36. The van der Waals surface area contributed by atoms with E-state index in [2.05, 4.69) is 34.2 Å². The molecule has 1 unspecified atom stereocenters. The summed E-state index contributed by atoms with van der Waals surface area (Å²) in [5.41, 5.74) is 0. The first-order chi connectivity index (χ1) is 11.0. The van der Waals surface area contributed by atoms with Crippen LogP contribution in [0.25, 0.3) is 0 Å². The smallest absolute Gasteiger partial charge is 0.207 e. The van der Waals surface area contributed by atoms with Gasteiger partial charge in [-0.15, -0.1) is 0 Å². The van der Waals surface area contributed by atoms with Gasteiger partial charge in [-0.1, -0.05) is 51.8 Å². The number of hydrogen-bond acceptors (Lipinski definition) is 2. The lowest BCUT2D eigenvalue weighted by atomic mass is 9.82. The molecule has 23 heavy (non-hydrogen) atoms. The van der Waals surface area contributed by atoms with Crippen molar-refractivity contribution in [2.75, 3.05) is 13.1 Å². The number of hydrogen-bond donors (Lipinski definition) is 0. The molecule has 1 atom stereocenters. The Hall–Kier alpha value is -0.620. The Labute approximate surface area is 151 Å². The monoisotopic (exact) mass is 415 g/mol. The van der Waals surface area contributed by atoms with Crippen LogP contribution in [0.3, 0.4) is 0 Å². The molecule has 1 aliphatic heterocycles. The molecule has 3 rings (SSSR count). The van der Waals surface area contributed by atoms with E-state index < -0.39 is 10.0 Å². The average Bonchev–Trinajstić information content (AvgIpc) is 2.55. The van der Waals surface area contributed by atoms with Gasteiger partial charge in [0.1, 0.15) is 0 Å². The van der Waals surface area contributed by atoms with Crippen LogP contribution in [0, 0.1) is 11.8 Å².